The van der Waals surface area contributed by atoms with Crippen LogP contribution in [0.3, 0.4) is 0 Å². The van der Waals surface area contributed by atoms with Crippen molar-refractivity contribution in [2.24, 2.45) is 0 Å². The van der Waals surface area contributed by atoms with Gasteiger partial charge in [0.15, 0.2) is 0 Å². The second kappa shape index (κ2) is 6.58. The van der Waals surface area contributed by atoms with Crippen molar-refractivity contribution in [3.63, 3.8) is 0 Å². The third-order valence-electron chi connectivity index (χ3n) is 3.60. The molecule has 1 atom stereocenters. The van der Waals surface area contributed by atoms with E-state index in [1.54, 1.807) is 11.8 Å². The number of halogens is 1. The zero-order valence-electron chi connectivity index (χ0n) is 13.5. The minimum Gasteiger partial charge on any atom is -0.444 e. The van der Waals surface area contributed by atoms with Crippen LogP contribution in [-0.4, -0.2) is 44.6 Å². The Morgan fingerprint density at radius 1 is 1.45 bits per heavy atom. The van der Waals surface area contributed by atoms with Crippen molar-refractivity contribution in [1.82, 2.24) is 14.7 Å². The van der Waals surface area contributed by atoms with E-state index in [1.807, 2.05) is 31.6 Å². The minimum atomic E-state index is -0.600. The number of aliphatic hydroxyl groups excluding tert-OH is 1. The maximum absolute atomic E-state index is 12.0. The van der Waals surface area contributed by atoms with E-state index >= 15 is 0 Å². The predicted molar refractivity (Wildman–Crippen MR) is 86.6 cm³/mol. The van der Waals surface area contributed by atoms with Gasteiger partial charge in [0.1, 0.15) is 11.3 Å². The van der Waals surface area contributed by atoms with Crippen molar-refractivity contribution in [3.8, 4) is 0 Å². The number of rotatable bonds is 2. The zero-order chi connectivity index (χ0) is 16.5. The standard InChI is InChI=1S/C15H24BrN3O3/c1-10(20)13-12(16)9-19(17-13)11-5-7-18(8-6-11)14(21)22-15(2,3)4/h9-11,20H,5-8H2,1-4H3/t10-/m0/s1. The van der Waals surface area contributed by atoms with Crippen LogP contribution >= 0.6 is 15.9 Å². The molecule has 1 aliphatic rings. The smallest absolute Gasteiger partial charge is 0.410 e. The SMILES string of the molecule is C[C@H](O)c1nn(C2CCN(C(=O)OC(C)(C)C)CC2)cc1Br. The number of hydrogen-bond acceptors (Lipinski definition) is 4. The molecule has 1 aromatic heterocycles. The van der Waals surface area contributed by atoms with Crippen molar-refractivity contribution in [2.45, 2.75) is 58.3 Å². The van der Waals surface area contributed by atoms with E-state index in [0.29, 0.717) is 18.8 Å². The monoisotopic (exact) mass is 373 g/mol. The molecular formula is C15H24BrN3O3. The Hall–Kier alpha value is -1.08. The summed E-state index contributed by atoms with van der Waals surface area (Å²) in [7, 11) is 0. The Morgan fingerprint density at radius 3 is 2.50 bits per heavy atom. The number of carbonyl (C=O) groups excluding carboxylic acids is 1. The fourth-order valence-corrected chi connectivity index (χ4v) is 3.11. The van der Waals surface area contributed by atoms with E-state index in [2.05, 4.69) is 21.0 Å². The second-order valence-corrected chi connectivity index (χ2v) is 7.57. The summed E-state index contributed by atoms with van der Waals surface area (Å²) in [6.07, 6.45) is 2.70. The maximum Gasteiger partial charge on any atom is 0.410 e. The van der Waals surface area contributed by atoms with Crippen LogP contribution in [0.5, 0.6) is 0 Å². The topological polar surface area (TPSA) is 67.6 Å². The van der Waals surface area contributed by atoms with E-state index in [0.717, 1.165) is 17.3 Å². The van der Waals surface area contributed by atoms with E-state index in [1.165, 1.54) is 0 Å². The van der Waals surface area contributed by atoms with Gasteiger partial charge in [0.05, 0.1) is 16.6 Å². The predicted octanol–water partition coefficient (Wildman–Crippen LogP) is 3.27. The first kappa shape index (κ1) is 17.3. The van der Waals surface area contributed by atoms with Crippen LogP contribution in [0.25, 0.3) is 0 Å². The van der Waals surface area contributed by atoms with Gasteiger partial charge in [0.25, 0.3) is 0 Å². The summed E-state index contributed by atoms with van der Waals surface area (Å²) < 4.78 is 8.10. The van der Waals surface area contributed by atoms with E-state index in [4.69, 9.17) is 4.74 Å². The number of aliphatic hydroxyl groups is 1. The molecule has 0 radical (unpaired) electrons. The highest BCUT2D eigenvalue weighted by Crippen LogP contribution is 2.28. The molecule has 0 spiro atoms. The number of likely N-dealkylation sites (tertiary alicyclic amines) is 1. The van der Waals surface area contributed by atoms with Gasteiger partial charge in [-0.3, -0.25) is 4.68 Å². The summed E-state index contributed by atoms with van der Waals surface area (Å²) in [6, 6.07) is 0.238. The van der Waals surface area contributed by atoms with Crippen molar-refractivity contribution < 1.29 is 14.6 Å². The second-order valence-electron chi connectivity index (χ2n) is 6.72. The molecule has 2 heterocycles. The number of carbonyl (C=O) groups is 1. The molecule has 7 heteroatoms. The Balaban J connectivity index is 1.95. The number of piperidine rings is 1. The number of hydrogen-bond donors (Lipinski definition) is 1. The third kappa shape index (κ3) is 4.23. The number of nitrogens with zero attached hydrogens (tertiary/aromatic N) is 3. The van der Waals surface area contributed by atoms with Gasteiger partial charge in [-0.2, -0.15) is 5.10 Å². The molecule has 1 saturated heterocycles. The molecule has 6 nitrogen and oxygen atoms in total. The highest BCUT2D eigenvalue weighted by molar-refractivity contribution is 9.10. The van der Waals surface area contributed by atoms with Crippen molar-refractivity contribution >= 4 is 22.0 Å². The van der Waals surface area contributed by atoms with Crippen LogP contribution in [0.4, 0.5) is 4.79 Å². The lowest BCUT2D eigenvalue weighted by Crippen LogP contribution is -2.42. The molecule has 2 rings (SSSR count). The lowest BCUT2D eigenvalue weighted by atomic mass is 10.1. The zero-order valence-corrected chi connectivity index (χ0v) is 15.1. The van der Waals surface area contributed by atoms with Crippen molar-refractivity contribution in [1.29, 1.82) is 0 Å². The fourth-order valence-electron chi connectivity index (χ4n) is 2.49. The molecule has 22 heavy (non-hydrogen) atoms. The summed E-state index contributed by atoms with van der Waals surface area (Å²) in [5, 5.41) is 14.1. The van der Waals surface area contributed by atoms with Gasteiger partial charge in [-0.25, -0.2) is 4.79 Å². The molecule has 0 aliphatic carbocycles. The summed E-state index contributed by atoms with van der Waals surface area (Å²) in [5.74, 6) is 0. The van der Waals surface area contributed by atoms with Crippen LogP contribution in [0.15, 0.2) is 10.7 Å². The Bertz CT molecular complexity index is 529. The van der Waals surface area contributed by atoms with Gasteiger partial charge in [-0.1, -0.05) is 0 Å². The summed E-state index contributed by atoms with van der Waals surface area (Å²) in [6.45, 7) is 8.62. The number of ether oxygens (including phenoxy) is 1. The summed E-state index contributed by atoms with van der Waals surface area (Å²) in [4.78, 5) is 13.8. The van der Waals surface area contributed by atoms with Gasteiger partial charge in [-0.05, 0) is 56.5 Å². The largest absolute Gasteiger partial charge is 0.444 e. The number of aromatic nitrogens is 2. The first-order chi connectivity index (χ1) is 10.2. The highest BCUT2D eigenvalue weighted by Gasteiger charge is 2.28. The van der Waals surface area contributed by atoms with Gasteiger partial charge in [-0.15, -0.1) is 0 Å². The summed E-state index contributed by atoms with van der Waals surface area (Å²) >= 11 is 3.42. The Kier molecular flexibility index (Phi) is 5.17. The third-order valence-corrected chi connectivity index (χ3v) is 4.21. The molecule has 1 aliphatic heterocycles. The van der Waals surface area contributed by atoms with E-state index in [-0.39, 0.29) is 12.1 Å². The fraction of sp³-hybridized carbons (Fsp3) is 0.733. The van der Waals surface area contributed by atoms with Crippen LogP contribution in [0.1, 0.15) is 58.4 Å². The first-order valence-corrected chi connectivity index (χ1v) is 8.37. The Morgan fingerprint density at radius 2 is 2.05 bits per heavy atom. The molecule has 124 valence electrons. The first-order valence-electron chi connectivity index (χ1n) is 7.58. The van der Waals surface area contributed by atoms with Crippen LogP contribution in [0, 0.1) is 0 Å². The van der Waals surface area contributed by atoms with Crippen LogP contribution < -0.4 is 0 Å². The molecule has 1 aromatic rings. The molecular weight excluding hydrogens is 350 g/mol. The quantitative estimate of drug-likeness (QED) is 0.863. The summed E-state index contributed by atoms with van der Waals surface area (Å²) in [5.41, 5.74) is 0.182. The van der Waals surface area contributed by atoms with Gasteiger partial charge in [0, 0.05) is 19.3 Å². The molecule has 0 unspecified atom stereocenters. The minimum absolute atomic E-state index is 0.238. The van der Waals surface area contributed by atoms with Gasteiger partial charge < -0.3 is 14.7 Å². The van der Waals surface area contributed by atoms with Crippen LogP contribution in [0.2, 0.25) is 0 Å². The van der Waals surface area contributed by atoms with Crippen molar-refractivity contribution in [3.05, 3.63) is 16.4 Å². The molecule has 0 aromatic carbocycles. The molecule has 1 amide bonds. The molecule has 0 saturated carbocycles. The highest BCUT2D eigenvalue weighted by atomic mass is 79.9. The number of amides is 1. The van der Waals surface area contributed by atoms with Gasteiger partial charge in [0.2, 0.25) is 0 Å². The van der Waals surface area contributed by atoms with Crippen molar-refractivity contribution in [2.75, 3.05) is 13.1 Å². The lowest BCUT2D eigenvalue weighted by Gasteiger charge is -2.33. The van der Waals surface area contributed by atoms with Crippen LogP contribution in [-0.2, 0) is 4.74 Å². The van der Waals surface area contributed by atoms with E-state index in [9.17, 15) is 9.90 Å². The molecule has 0 bridgehead atoms. The Labute approximate surface area is 139 Å². The average molecular weight is 374 g/mol. The molecule has 1 N–H and O–H groups in total. The average Bonchev–Trinajstić information content (AvgIpc) is 2.79. The lowest BCUT2D eigenvalue weighted by molar-refractivity contribution is 0.0184. The van der Waals surface area contributed by atoms with E-state index < -0.39 is 11.7 Å². The van der Waals surface area contributed by atoms with Gasteiger partial charge >= 0.3 is 6.09 Å². The molecule has 1 fully saturated rings. The normalized spacial score (nSPS) is 18.4. The maximum atomic E-state index is 12.0.